The first-order chi connectivity index (χ1) is 13.4. The lowest BCUT2D eigenvalue weighted by Crippen LogP contribution is -2.40. The topological polar surface area (TPSA) is 100 Å². The number of nitrogens with zero attached hydrogens (tertiary/aromatic N) is 4. The Balaban J connectivity index is 1.79. The van der Waals surface area contributed by atoms with Crippen molar-refractivity contribution in [1.82, 2.24) is 15.0 Å². The van der Waals surface area contributed by atoms with Gasteiger partial charge in [0.1, 0.15) is 5.82 Å². The monoisotopic (exact) mass is 385 g/mol. The highest BCUT2D eigenvalue weighted by atomic mass is 16.5. The van der Waals surface area contributed by atoms with E-state index < -0.39 is 11.4 Å². The maximum absolute atomic E-state index is 11.8. The summed E-state index contributed by atoms with van der Waals surface area (Å²) >= 11 is 0. The molecule has 2 N–H and O–H groups in total. The zero-order valence-electron chi connectivity index (χ0n) is 16.6. The fraction of sp³-hybridized carbons (Fsp3) is 0.500. The van der Waals surface area contributed by atoms with Gasteiger partial charge < -0.3 is 20.1 Å². The zero-order chi connectivity index (χ0) is 20.1. The SMILES string of the molecule is Cc1cccc(CCNc2ncc(C(C)(C)C(=O)O)c(N3CCOCC3)n2)n1. The van der Waals surface area contributed by atoms with Gasteiger partial charge in [0.15, 0.2) is 0 Å². The Morgan fingerprint density at radius 3 is 2.71 bits per heavy atom. The van der Waals surface area contributed by atoms with E-state index in [2.05, 4.69) is 25.2 Å². The minimum absolute atomic E-state index is 0.485. The molecule has 8 nitrogen and oxygen atoms in total. The fourth-order valence-electron chi connectivity index (χ4n) is 3.07. The Hall–Kier alpha value is -2.74. The number of nitrogens with one attached hydrogen (secondary N) is 1. The largest absolute Gasteiger partial charge is 0.481 e. The van der Waals surface area contributed by atoms with Crippen LogP contribution in [0.2, 0.25) is 0 Å². The molecular formula is C20H27N5O3. The predicted molar refractivity (Wildman–Crippen MR) is 107 cm³/mol. The first-order valence-corrected chi connectivity index (χ1v) is 9.48. The third kappa shape index (κ3) is 4.56. The van der Waals surface area contributed by atoms with Crippen LogP contribution in [-0.2, 0) is 21.4 Å². The summed E-state index contributed by atoms with van der Waals surface area (Å²) in [5.41, 5.74) is 1.51. The Morgan fingerprint density at radius 2 is 2.04 bits per heavy atom. The number of aryl methyl sites for hydroxylation is 1. The molecule has 0 aliphatic carbocycles. The van der Waals surface area contributed by atoms with Crippen LogP contribution in [0.25, 0.3) is 0 Å². The maximum atomic E-state index is 11.8. The maximum Gasteiger partial charge on any atom is 0.313 e. The zero-order valence-corrected chi connectivity index (χ0v) is 16.6. The molecule has 1 aliphatic rings. The third-order valence-electron chi connectivity index (χ3n) is 4.90. The first-order valence-electron chi connectivity index (χ1n) is 9.48. The summed E-state index contributed by atoms with van der Waals surface area (Å²) in [4.78, 5) is 27.4. The summed E-state index contributed by atoms with van der Waals surface area (Å²) < 4.78 is 5.42. The lowest BCUT2D eigenvalue weighted by molar-refractivity contribution is -0.142. The molecule has 3 rings (SSSR count). The second-order valence-corrected chi connectivity index (χ2v) is 7.41. The van der Waals surface area contributed by atoms with E-state index in [0.29, 0.717) is 50.2 Å². The summed E-state index contributed by atoms with van der Waals surface area (Å²) in [5, 5.41) is 12.9. The Kier molecular flexibility index (Phi) is 6.08. The highest BCUT2D eigenvalue weighted by Crippen LogP contribution is 2.32. The normalized spacial score (nSPS) is 14.8. The Labute approximate surface area is 165 Å². The highest BCUT2D eigenvalue weighted by molar-refractivity contribution is 5.82. The van der Waals surface area contributed by atoms with Gasteiger partial charge in [-0.25, -0.2) is 4.98 Å². The molecule has 0 saturated carbocycles. The summed E-state index contributed by atoms with van der Waals surface area (Å²) in [5.74, 6) is 0.234. The number of carboxylic acids is 1. The number of aromatic nitrogens is 3. The van der Waals surface area contributed by atoms with Crippen molar-refractivity contribution in [3.05, 3.63) is 41.3 Å². The van der Waals surface area contributed by atoms with Crippen molar-refractivity contribution < 1.29 is 14.6 Å². The number of rotatable bonds is 7. The van der Waals surface area contributed by atoms with E-state index in [-0.39, 0.29) is 0 Å². The van der Waals surface area contributed by atoms with Gasteiger partial charge in [-0.05, 0) is 32.9 Å². The summed E-state index contributed by atoms with van der Waals surface area (Å²) in [6.07, 6.45) is 2.37. The van der Waals surface area contributed by atoms with E-state index in [1.807, 2.05) is 25.1 Å². The number of pyridine rings is 1. The molecular weight excluding hydrogens is 358 g/mol. The van der Waals surface area contributed by atoms with Gasteiger partial charge >= 0.3 is 5.97 Å². The number of hydrogen-bond acceptors (Lipinski definition) is 7. The molecule has 0 bridgehead atoms. The van der Waals surface area contributed by atoms with Gasteiger partial charge in [-0.1, -0.05) is 6.07 Å². The highest BCUT2D eigenvalue weighted by Gasteiger charge is 2.35. The molecule has 1 aliphatic heterocycles. The molecule has 0 spiro atoms. The fourth-order valence-corrected chi connectivity index (χ4v) is 3.07. The van der Waals surface area contributed by atoms with Crippen LogP contribution < -0.4 is 10.2 Å². The van der Waals surface area contributed by atoms with Crippen molar-refractivity contribution in [3.63, 3.8) is 0 Å². The molecule has 8 heteroatoms. The van der Waals surface area contributed by atoms with E-state index >= 15 is 0 Å². The lowest BCUT2D eigenvalue weighted by Gasteiger charge is -2.32. The molecule has 2 aromatic rings. The molecule has 2 aromatic heterocycles. The third-order valence-corrected chi connectivity index (χ3v) is 4.90. The molecule has 28 heavy (non-hydrogen) atoms. The van der Waals surface area contributed by atoms with E-state index in [9.17, 15) is 9.90 Å². The summed E-state index contributed by atoms with van der Waals surface area (Å²) in [6, 6.07) is 5.96. The number of carboxylic acid groups (broad SMARTS) is 1. The Morgan fingerprint density at radius 1 is 1.29 bits per heavy atom. The van der Waals surface area contributed by atoms with Crippen LogP contribution in [0.1, 0.15) is 30.8 Å². The van der Waals surface area contributed by atoms with Crippen LogP contribution >= 0.6 is 0 Å². The number of anilines is 2. The van der Waals surface area contributed by atoms with Crippen LogP contribution in [0.15, 0.2) is 24.4 Å². The number of carbonyl (C=O) groups is 1. The van der Waals surface area contributed by atoms with Crippen molar-refractivity contribution in [2.75, 3.05) is 43.1 Å². The van der Waals surface area contributed by atoms with E-state index in [0.717, 1.165) is 17.8 Å². The summed E-state index contributed by atoms with van der Waals surface area (Å²) in [7, 11) is 0. The molecule has 1 fully saturated rings. The predicted octanol–water partition coefficient (Wildman–Crippen LogP) is 2.03. The molecule has 0 radical (unpaired) electrons. The van der Waals surface area contributed by atoms with Crippen LogP contribution in [0.3, 0.4) is 0 Å². The summed E-state index contributed by atoms with van der Waals surface area (Å²) in [6.45, 7) is 8.50. The van der Waals surface area contributed by atoms with Gasteiger partial charge in [-0.3, -0.25) is 9.78 Å². The Bertz CT molecular complexity index is 834. The van der Waals surface area contributed by atoms with Gasteiger partial charge in [0, 0.05) is 49.2 Å². The van der Waals surface area contributed by atoms with E-state index in [1.54, 1.807) is 20.0 Å². The number of morpholine rings is 1. The molecule has 150 valence electrons. The van der Waals surface area contributed by atoms with Crippen molar-refractivity contribution in [1.29, 1.82) is 0 Å². The van der Waals surface area contributed by atoms with Gasteiger partial charge in [0.05, 0.1) is 18.6 Å². The van der Waals surface area contributed by atoms with Crippen molar-refractivity contribution in [3.8, 4) is 0 Å². The van der Waals surface area contributed by atoms with Crippen LogP contribution in [0.4, 0.5) is 11.8 Å². The lowest BCUT2D eigenvalue weighted by atomic mass is 9.85. The van der Waals surface area contributed by atoms with Gasteiger partial charge in [-0.15, -0.1) is 0 Å². The van der Waals surface area contributed by atoms with E-state index in [4.69, 9.17) is 4.74 Å². The molecule has 0 atom stereocenters. The second kappa shape index (κ2) is 8.52. The molecule has 0 aromatic carbocycles. The van der Waals surface area contributed by atoms with Gasteiger partial charge in [0.2, 0.25) is 5.95 Å². The van der Waals surface area contributed by atoms with Crippen molar-refractivity contribution in [2.24, 2.45) is 0 Å². The standard InChI is InChI=1S/C20H27N5O3/c1-14-5-4-6-15(23-14)7-8-21-19-22-13-16(20(2,3)18(26)27)17(24-19)25-9-11-28-12-10-25/h4-6,13H,7-12H2,1-3H3,(H,26,27)(H,21,22,24). The molecule has 1 saturated heterocycles. The van der Waals surface area contributed by atoms with Crippen LogP contribution in [0, 0.1) is 6.92 Å². The quantitative estimate of drug-likeness (QED) is 0.747. The number of aliphatic carboxylic acids is 1. The van der Waals surface area contributed by atoms with Crippen LogP contribution in [0.5, 0.6) is 0 Å². The average Bonchev–Trinajstić information content (AvgIpc) is 2.68. The van der Waals surface area contributed by atoms with Crippen LogP contribution in [-0.4, -0.2) is 58.9 Å². The van der Waals surface area contributed by atoms with Gasteiger partial charge in [0.25, 0.3) is 0 Å². The minimum Gasteiger partial charge on any atom is -0.481 e. The molecule has 3 heterocycles. The van der Waals surface area contributed by atoms with Crippen molar-refractivity contribution in [2.45, 2.75) is 32.6 Å². The number of hydrogen-bond donors (Lipinski definition) is 2. The molecule has 0 amide bonds. The average molecular weight is 385 g/mol. The van der Waals surface area contributed by atoms with Crippen molar-refractivity contribution >= 4 is 17.7 Å². The van der Waals surface area contributed by atoms with Gasteiger partial charge in [-0.2, -0.15) is 4.98 Å². The smallest absolute Gasteiger partial charge is 0.313 e. The second-order valence-electron chi connectivity index (χ2n) is 7.41. The van der Waals surface area contributed by atoms with E-state index in [1.165, 1.54) is 0 Å². The first kappa shape index (κ1) is 20.0. The molecule has 0 unspecified atom stereocenters. The number of ether oxygens (including phenoxy) is 1. The minimum atomic E-state index is -1.09.